The van der Waals surface area contributed by atoms with Gasteiger partial charge in [-0.2, -0.15) is 0 Å². The van der Waals surface area contributed by atoms with E-state index >= 15 is 0 Å². The number of para-hydroxylation sites is 1. The molecule has 1 amide bonds. The Bertz CT molecular complexity index is 1070. The monoisotopic (exact) mass is 409 g/mol. The van der Waals surface area contributed by atoms with E-state index in [2.05, 4.69) is 10.3 Å². The third kappa shape index (κ3) is 4.62. The standard InChI is InChI=1S/C22H23N3O3S/c1-28-17-10-6-15(7-11-17)12-13-23-20(26)14-29-22-24-19-5-3-2-4-18(19)21(27)25(22)16-8-9-16/h2-7,10-11,16H,8-9,12-14H2,1H3,(H,23,26). The molecule has 1 heterocycles. The zero-order valence-electron chi connectivity index (χ0n) is 16.3. The van der Waals surface area contributed by atoms with Crippen molar-refractivity contribution >= 4 is 28.6 Å². The highest BCUT2D eigenvalue weighted by atomic mass is 32.2. The molecule has 0 saturated heterocycles. The molecule has 1 saturated carbocycles. The lowest BCUT2D eigenvalue weighted by molar-refractivity contribution is -0.118. The minimum atomic E-state index is -0.0618. The van der Waals surface area contributed by atoms with Crippen LogP contribution in [0.3, 0.4) is 0 Å². The molecule has 0 unspecified atom stereocenters. The number of hydrogen-bond donors (Lipinski definition) is 1. The molecule has 1 aliphatic carbocycles. The van der Waals surface area contributed by atoms with Crippen molar-refractivity contribution in [2.75, 3.05) is 19.4 Å². The van der Waals surface area contributed by atoms with E-state index in [9.17, 15) is 9.59 Å². The van der Waals surface area contributed by atoms with Crippen LogP contribution in [0, 0.1) is 0 Å². The summed E-state index contributed by atoms with van der Waals surface area (Å²) in [6, 6.07) is 15.4. The maximum atomic E-state index is 12.9. The first-order chi connectivity index (χ1) is 14.2. The molecule has 150 valence electrons. The fraction of sp³-hybridized carbons (Fsp3) is 0.318. The van der Waals surface area contributed by atoms with Gasteiger partial charge in [0.25, 0.3) is 5.56 Å². The molecule has 0 spiro atoms. The van der Waals surface area contributed by atoms with Gasteiger partial charge in [-0.1, -0.05) is 36.0 Å². The maximum Gasteiger partial charge on any atom is 0.262 e. The number of nitrogens with zero attached hydrogens (tertiary/aromatic N) is 2. The van der Waals surface area contributed by atoms with Gasteiger partial charge in [-0.05, 0) is 49.1 Å². The molecule has 2 aromatic carbocycles. The molecule has 29 heavy (non-hydrogen) atoms. The quantitative estimate of drug-likeness (QED) is 0.457. The molecule has 1 N–H and O–H groups in total. The molecule has 0 aliphatic heterocycles. The highest BCUT2D eigenvalue weighted by molar-refractivity contribution is 7.99. The number of aromatic nitrogens is 2. The van der Waals surface area contributed by atoms with E-state index in [1.807, 2.05) is 48.5 Å². The number of amides is 1. The number of carbonyl (C=O) groups excluding carboxylic acids is 1. The van der Waals surface area contributed by atoms with Crippen LogP contribution in [-0.2, 0) is 11.2 Å². The van der Waals surface area contributed by atoms with E-state index in [0.717, 1.165) is 30.6 Å². The molecular formula is C22H23N3O3S. The van der Waals surface area contributed by atoms with Crippen molar-refractivity contribution in [2.45, 2.75) is 30.5 Å². The Morgan fingerprint density at radius 3 is 2.69 bits per heavy atom. The van der Waals surface area contributed by atoms with Gasteiger partial charge in [0.2, 0.25) is 5.91 Å². The molecule has 1 fully saturated rings. The van der Waals surface area contributed by atoms with E-state index in [1.165, 1.54) is 11.8 Å². The summed E-state index contributed by atoms with van der Waals surface area (Å²) < 4.78 is 6.91. The molecule has 4 rings (SSSR count). The Hall–Kier alpha value is -2.80. The number of hydrogen-bond acceptors (Lipinski definition) is 5. The zero-order valence-corrected chi connectivity index (χ0v) is 17.1. The van der Waals surface area contributed by atoms with Crippen molar-refractivity contribution in [2.24, 2.45) is 0 Å². The molecule has 0 radical (unpaired) electrons. The summed E-state index contributed by atoms with van der Waals surface area (Å²) in [5.74, 6) is 0.993. The average molecular weight is 410 g/mol. The second kappa shape index (κ2) is 8.69. The van der Waals surface area contributed by atoms with Crippen LogP contribution in [0.25, 0.3) is 10.9 Å². The van der Waals surface area contributed by atoms with E-state index in [0.29, 0.717) is 22.6 Å². The van der Waals surface area contributed by atoms with Crippen molar-refractivity contribution in [3.05, 3.63) is 64.4 Å². The van der Waals surface area contributed by atoms with Crippen molar-refractivity contribution < 1.29 is 9.53 Å². The number of carbonyl (C=O) groups is 1. The molecule has 1 aliphatic rings. The molecular weight excluding hydrogens is 386 g/mol. The van der Waals surface area contributed by atoms with E-state index in [1.54, 1.807) is 11.7 Å². The second-order valence-electron chi connectivity index (χ2n) is 7.05. The zero-order chi connectivity index (χ0) is 20.2. The van der Waals surface area contributed by atoms with Crippen LogP contribution in [-0.4, -0.2) is 34.9 Å². The Labute approximate surface area is 173 Å². The summed E-state index contributed by atoms with van der Waals surface area (Å²) in [7, 11) is 1.64. The molecule has 0 bridgehead atoms. The highest BCUT2D eigenvalue weighted by Crippen LogP contribution is 2.36. The lowest BCUT2D eigenvalue weighted by atomic mass is 10.1. The van der Waals surface area contributed by atoms with Gasteiger partial charge in [0.05, 0.1) is 23.8 Å². The Balaban J connectivity index is 1.37. The number of ether oxygens (including phenoxy) is 1. The van der Waals surface area contributed by atoms with Gasteiger partial charge in [-0.3, -0.25) is 14.2 Å². The number of benzene rings is 2. The third-order valence-corrected chi connectivity index (χ3v) is 5.87. The molecule has 6 nitrogen and oxygen atoms in total. The fourth-order valence-electron chi connectivity index (χ4n) is 3.20. The SMILES string of the molecule is COc1ccc(CCNC(=O)CSc2nc3ccccc3c(=O)n2C2CC2)cc1. The largest absolute Gasteiger partial charge is 0.497 e. The van der Waals surface area contributed by atoms with Gasteiger partial charge >= 0.3 is 0 Å². The van der Waals surface area contributed by atoms with Crippen LogP contribution < -0.4 is 15.6 Å². The predicted molar refractivity (Wildman–Crippen MR) is 115 cm³/mol. The van der Waals surface area contributed by atoms with Gasteiger partial charge in [0.1, 0.15) is 5.75 Å². The first-order valence-corrected chi connectivity index (χ1v) is 10.7. The Morgan fingerprint density at radius 1 is 1.21 bits per heavy atom. The minimum absolute atomic E-state index is 0.0134. The van der Waals surface area contributed by atoms with Crippen LogP contribution in [0.2, 0.25) is 0 Å². The number of rotatable bonds is 8. The van der Waals surface area contributed by atoms with Crippen molar-refractivity contribution in [1.82, 2.24) is 14.9 Å². The number of nitrogens with one attached hydrogen (secondary N) is 1. The second-order valence-corrected chi connectivity index (χ2v) is 8.00. The van der Waals surface area contributed by atoms with E-state index in [-0.39, 0.29) is 23.3 Å². The van der Waals surface area contributed by atoms with Crippen LogP contribution in [0.15, 0.2) is 58.5 Å². The smallest absolute Gasteiger partial charge is 0.262 e. The normalized spacial score (nSPS) is 13.4. The molecule has 1 aromatic heterocycles. The first kappa shape index (κ1) is 19.5. The van der Waals surface area contributed by atoms with E-state index in [4.69, 9.17) is 4.74 Å². The Morgan fingerprint density at radius 2 is 1.97 bits per heavy atom. The Kier molecular flexibility index (Phi) is 5.85. The summed E-state index contributed by atoms with van der Waals surface area (Å²) in [5, 5.41) is 4.20. The average Bonchev–Trinajstić information content (AvgIpc) is 3.58. The van der Waals surface area contributed by atoms with Crippen molar-refractivity contribution in [3.63, 3.8) is 0 Å². The minimum Gasteiger partial charge on any atom is -0.497 e. The predicted octanol–water partition coefficient (Wildman–Crippen LogP) is 3.19. The lowest BCUT2D eigenvalue weighted by Gasteiger charge is -2.12. The number of fused-ring (bicyclic) bond motifs is 1. The van der Waals surface area contributed by atoms with Gasteiger partial charge in [0, 0.05) is 12.6 Å². The summed E-state index contributed by atoms with van der Waals surface area (Å²) in [5.41, 5.74) is 1.80. The van der Waals surface area contributed by atoms with Gasteiger partial charge in [0.15, 0.2) is 5.16 Å². The van der Waals surface area contributed by atoms with Crippen LogP contribution in [0.4, 0.5) is 0 Å². The molecule has 3 aromatic rings. The van der Waals surface area contributed by atoms with Crippen molar-refractivity contribution in [1.29, 1.82) is 0 Å². The van der Waals surface area contributed by atoms with Crippen LogP contribution in [0.5, 0.6) is 5.75 Å². The first-order valence-electron chi connectivity index (χ1n) is 9.69. The number of methoxy groups -OCH3 is 1. The van der Waals surface area contributed by atoms with Crippen LogP contribution in [0.1, 0.15) is 24.4 Å². The summed E-state index contributed by atoms with van der Waals surface area (Å²) in [6.45, 7) is 0.562. The van der Waals surface area contributed by atoms with Gasteiger partial charge < -0.3 is 10.1 Å². The summed E-state index contributed by atoms with van der Waals surface area (Å²) in [6.07, 6.45) is 2.73. The summed E-state index contributed by atoms with van der Waals surface area (Å²) >= 11 is 1.33. The van der Waals surface area contributed by atoms with Gasteiger partial charge in [-0.15, -0.1) is 0 Å². The number of thioether (sulfide) groups is 1. The fourth-order valence-corrected chi connectivity index (χ4v) is 4.10. The summed E-state index contributed by atoms with van der Waals surface area (Å²) in [4.78, 5) is 29.8. The highest BCUT2D eigenvalue weighted by Gasteiger charge is 2.28. The maximum absolute atomic E-state index is 12.9. The van der Waals surface area contributed by atoms with Gasteiger partial charge in [-0.25, -0.2) is 4.98 Å². The third-order valence-electron chi connectivity index (χ3n) is 4.91. The molecule has 0 atom stereocenters. The topological polar surface area (TPSA) is 73.2 Å². The molecule has 7 heteroatoms. The van der Waals surface area contributed by atoms with Crippen LogP contribution >= 0.6 is 11.8 Å². The van der Waals surface area contributed by atoms with Crippen molar-refractivity contribution in [3.8, 4) is 5.75 Å². The lowest BCUT2D eigenvalue weighted by Crippen LogP contribution is -2.28. The van der Waals surface area contributed by atoms with E-state index < -0.39 is 0 Å².